The van der Waals surface area contributed by atoms with Crippen LogP contribution >= 0.6 is 0 Å². The van der Waals surface area contributed by atoms with E-state index in [0.717, 1.165) is 17.0 Å². The summed E-state index contributed by atoms with van der Waals surface area (Å²) in [5.41, 5.74) is 2.07. The number of nitrogens with zero attached hydrogens (tertiary/aromatic N) is 1. The Bertz CT molecular complexity index is 925. The van der Waals surface area contributed by atoms with Gasteiger partial charge in [0.1, 0.15) is 17.4 Å². The molecule has 0 fully saturated rings. The lowest BCUT2D eigenvalue weighted by Gasteiger charge is -2.15. The van der Waals surface area contributed by atoms with E-state index in [1.807, 2.05) is 38.1 Å². The summed E-state index contributed by atoms with van der Waals surface area (Å²) in [5.74, 6) is 0.796. The van der Waals surface area contributed by atoms with E-state index in [0.29, 0.717) is 17.9 Å². The van der Waals surface area contributed by atoms with Gasteiger partial charge >= 0.3 is 0 Å². The molecule has 0 unspecified atom stereocenters. The minimum atomic E-state index is -0.303. The molecule has 0 saturated heterocycles. The second kappa shape index (κ2) is 8.99. The SMILES string of the molecule is CC(C)Oc1ccccc1Nc1ccc(C(=O)NCc2ccc(F)cc2)cn1. The maximum atomic E-state index is 12.9. The Hall–Kier alpha value is -3.41. The molecule has 144 valence electrons. The van der Waals surface area contributed by atoms with Gasteiger partial charge in [0.25, 0.3) is 5.91 Å². The number of rotatable bonds is 7. The van der Waals surface area contributed by atoms with Crippen LogP contribution in [-0.2, 0) is 6.54 Å². The van der Waals surface area contributed by atoms with Gasteiger partial charge in [-0.25, -0.2) is 9.37 Å². The van der Waals surface area contributed by atoms with Crippen molar-refractivity contribution < 1.29 is 13.9 Å². The van der Waals surface area contributed by atoms with Gasteiger partial charge in [0.15, 0.2) is 0 Å². The Labute approximate surface area is 163 Å². The first-order valence-electron chi connectivity index (χ1n) is 9.02. The van der Waals surface area contributed by atoms with Crippen molar-refractivity contribution in [2.45, 2.75) is 26.5 Å². The van der Waals surface area contributed by atoms with E-state index in [2.05, 4.69) is 15.6 Å². The Kier molecular flexibility index (Phi) is 6.22. The van der Waals surface area contributed by atoms with Crippen molar-refractivity contribution in [2.24, 2.45) is 0 Å². The van der Waals surface area contributed by atoms with E-state index in [-0.39, 0.29) is 17.8 Å². The van der Waals surface area contributed by atoms with Gasteiger partial charge in [-0.05, 0) is 55.8 Å². The summed E-state index contributed by atoms with van der Waals surface area (Å²) in [7, 11) is 0. The molecule has 0 aliphatic rings. The summed E-state index contributed by atoms with van der Waals surface area (Å²) in [5, 5.41) is 6.00. The summed E-state index contributed by atoms with van der Waals surface area (Å²) >= 11 is 0. The lowest BCUT2D eigenvalue weighted by atomic mass is 10.2. The molecule has 5 nitrogen and oxygen atoms in total. The third kappa shape index (κ3) is 5.30. The standard InChI is InChI=1S/C22H22FN3O2/c1-15(2)28-20-6-4-3-5-19(20)26-21-12-9-17(14-24-21)22(27)25-13-16-7-10-18(23)11-8-16/h3-12,14-15H,13H2,1-2H3,(H,24,26)(H,25,27). The third-order valence-corrected chi connectivity index (χ3v) is 3.90. The number of hydrogen-bond donors (Lipinski definition) is 2. The average Bonchev–Trinajstić information content (AvgIpc) is 2.69. The maximum Gasteiger partial charge on any atom is 0.253 e. The van der Waals surface area contributed by atoms with Crippen LogP contribution in [-0.4, -0.2) is 17.0 Å². The monoisotopic (exact) mass is 379 g/mol. The van der Waals surface area contributed by atoms with Crippen molar-refractivity contribution in [3.63, 3.8) is 0 Å². The van der Waals surface area contributed by atoms with Crippen molar-refractivity contribution >= 4 is 17.4 Å². The fourth-order valence-electron chi connectivity index (χ4n) is 2.55. The summed E-state index contributed by atoms with van der Waals surface area (Å²) in [6, 6.07) is 17.0. The minimum absolute atomic E-state index is 0.0584. The normalized spacial score (nSPS) is 10.6. The van der Waals surface area contributed by atoms with Crippen LogP contribution in [0.5, 0.6) is 5.75 Å². The first-order valence-corrected chi connectivity index (χ1v) is 9.02. The fourth-order valence-corrected chi connectivity index (χ4v) is 2.55. The van der Waals surface area contributed by atoms with E-state index < -0.39 is 0 Å². The zero-order valence-corrected chi connectivity index (χ0v) is 15.8. The predicted octanol–water partition coefficient (Wildman–Crippen LogP) is 4.68. The number of carbonyl (C=O) groups is 1. The van der Waals surface area contributed by atoms with Gasteiger partial charge in [-0.3, -0.25) is 4.79 Å². The van der Waals surface area contributed by atoms with E-state index >= 15 is 0 Å². The van der Waals surface area contributed by atoms with Gasteiger partial charge in [0, 0.05) is 12.7 Å². The smallest absolute Gasteiger partial charge is 0.253 e. The summed E-state index contributed by atoms with van der Waals surface area (Å²) in [4.78, 5) is 16.6. The van der Waals surface area contributed by atoms with Gasteiger partial charge in [-0.2, -0.15) is 0 Å². The number of anilines is 2. The quantitative estimate of drug-likeness (QED) is 0.626. The van der Waals surface area contributed by atoms with Crippen LogP contribution in [0.1, 0.15) is 29.8 Å². The zero-order valence-electron chi connectivity index (χ0n) is 15.8. The number of hydrogen-bond acceptors (Lipinski definition) is 4. The molecule has 1 amide bonds. The van der Waals surface area contributed by atoms with Crippen LogP contribution in [0.4, 0.5) is 15.9 Å². The number of nitrogens with one attached hydrogen (secondary N) is 2. The van der Waals surface area contributed by atoms with E-state index in [4.69, 9.17) is 4.74 Å². The maximum absolute atomic E-state index is 12.9. The summed E-state index contributed by atoms with van der Waals surface area (Å²) in [6.45, 7) is 4.25. The summed E-state index contributed by atoms with van der Waals surface area (Å²) < 4.78 is 18.7. The molecule has 0 radical (unpaired) electrons. The van der Waals surface area contributed by atoms with E-state index in [9.17, 15) is 9.18 Å². The molecule has 6 heteroatoms. The average molecular weight is 379 g/mol. The van der Waals surface area contributed by atoms with Crippen LogP contribution in [0.15, 0.2) is 66.9 Å². The molecule has 3 aromatic rings. The molecular weight excluding hydrogens is 357 g/mol. The van der Waals surface area contributed by atoms with Crippen molar-refractivity contribution in [1.29, 1.82) is 0 Å². The number of para-hydroxylation sites is 2. The Morgan fingerprint density at radius 3 is 2.50 bits per heavy atom. The fraction of sp³-hybridized carbons (Fsp3) is 0.182. The van der Waals surface area contributed by atoms with Crippen LogP contribution < -0.4 is 15.4 Å². The van der Waals surface area contributed by atoms with Crippen molar-refractivity contribution in [3.8, 4) is 5.75 Å². The Morgan fingerprint density at radius 2 is 1.82 bits per heavy atom. The number of aromatic nitrogens is 1. The highest BCUT2D eigenvalue weighted by Gasteiger charge is 2.09. The second-order valence-corrected chi connectivity index (χ2v) is 6.53. The zero-order chi connectivity index (χ0) is 19.9. The van der Waals surface area contributed by atoms with Gasteiger partial charge < -0.3 is 15.4 Å². The molecule has 1 aromatic heterocycles. The highest BCUT2D eigenvalue weighted by Crippen LogP contribution is 2.27. The molecular formula is C22H22FN3O2. The molecule has 2 aromatic carbocycles. The molecule has 0 spiro atoms. The largest absolute Gasteiger partial charge is 0.489 e. The Morgan fingerprint density at radius 1 is 1.07 bits per heavy atom. The molecule has 0 aliphatic heterocycles. The van der Waals surface area contributed by atoms with Crippen LogP contribution in [0.3, 0.4) is 0 Å². The molecule has 0 atom stereocenters. The molecule has 2 N–H and O–H groups in total. The second-order valence-electron chi connectivity index (χ2n) is 6.53. The highest BCUT2D eigenvalue weighted by molar-refractivity contribution is 5.94. The number of ether oxygens (including phenoxy) is 1. The molecule has 28 heavy (non-hydrogen) atoms. The number of amides is 1. The lowest BCUT2D eigenvalue weighted by molar-refractivity contribution is 0.0950. The van der Waals surface area contributed by atoms with E-state index in [1.54, 1.807) is 24.3 Å². The molecule has 3 rings (SSSR count). The number of carbonyl (C=O) groups excluding carboxylic acids is 1. The number of halogens is 1. The molecule has 1 heterocycles. The van der Waals surface area contributed by atoms with E-state index in [1.165, 1.54) is 18.3 Å². The van der Waals surface area contributed by atoms with Crippen molar-refractivity contribution in [3.05, 3.63) is 83.8 Å². The van der Waals surface area contributed by atoms with Gasteiger partial charge in [-0.1, -0.05) is 24.3 Å². The highest BCUT2D eigenvalue weighted by atomic mass is 19.1. The Balaban J connectivity index is 1.62. The summed E-state index contributed by atoms with van der Waals surface area (Å²) in [6.07, 6.45) is 1.57. The number of pyridine rings is 1. The van der Waals surface area contributed by atoms with Crippen LogP contribution in [0.25, 0.3) is 0 Å². The first kappa shape index (κ1) is 19.4. The van der Waals surface area contributed by atoms with Crippen molar-refractivity contribution in [2.75, 3.05) is 5.32 Å². The van der Waals surface area contributed by atoms with Gasteiger partial charge in [0.2, 0.25) is 0 Å². The van der Waals surface area contributed by atoms with Crippen LogP contribution in [0.2, 0.25) is 0 Å². The van der Waals surface area contributed by atoms with Gasteiger partial charge in [-0.15, -0.1) is 0 Å². The van der Waals surface area contributed by atoms with Gasteiger partial charge in [0.05, 0.1) is 17.4 Å². The molecule has 0 bridgehead atoms. The molecule has 0 saturated carbocycles. The third-order valence-electron chi connectivity index (χ3n) is 3.90. The first-order chi connectivity index (χ1) is 13.5. The number of benzene rings is 2. The topological polar surface area (TPSA) is 63.2 Å². The lowest BCUT2D eigenvalue weighted by Crippen LogP contribution is -2.22. The predicted molar refractivity (Wildman–Crippen MR) is 107 cm³/mol. The van der Waals surface area contributed by atoms with Crippen LogP contribution in [0, 0.1) is 5.82 Å². The minimum Gasteiger partial charge on any atom is -0.489 e. The molecule has 0 aliphatic carbocycles. The van der Waals surface area contributed by atoms with Crippen molar-refractivity contribution in [1.82, 2.24) is 10.3 Å².